The lowest BCUT2D eigenvalue weighted by Gasteiger charge is -2.24. The Morgan fingerprint density at radius 3 is 2.76 bits per heavy atom. The molecule has 2 rings (SSSR count). The van der Waals surface area contributed by atoms with E-state index in [-0.39, 0.29) is 30.3 Å². The summed E-state index contributed by atoms with van der Waals surface area (Å²) >= 11 is 1.41. The first kappa shape index (κ1) is 19.2. The second-order valence-electron chi connectivity index (χ2n) is 5.67. The number of nitrogens with zero attached hydrogens (tertiary/aromatic N) is 2. The van der Waals surface area contributed by atoms with Gasteiger partial charge in [-0.25, -0.2) is 0 Å². The van der Waals surface area contributed by atoms with Crippen LogP contribution in [0.25, 0.3) is 0 Å². The van der Waals surface area contributed by atoms with Crippen LogP contribution in [0, 0.1) is 10.1 Å². The smallest absolute Gasteiger partial charge is 0.305 e. The van der Waals surface area contributed by atoms with Crippen LogP contribution < -0.4 is 0 Å². The number of carboxylic acids is 1. The number of benzene rings is 1. The molecular formula is C16H20N2O6S. The minimum absolute atomic E-state index is 0.166. The van der Waals surface area contributed by atoms with Gasteiger partial charge in [-0.05, 0) is 18.2 Å². The first-order valence-electron chi connectivity index (χ1n) is 7.84. The van der Waals surface area contributed by atoms with Gasteiger partial charge in [0.05, 0.1) is 23.0 Å². The second kappa shape index (κ2) is 8.30. The summed E-state index contributed by atoms with van der Waals surface area (Å²) in [6.45, 7) is 2.19. The van der Waals surface area contributed by atoms with Gasteiger partial charge < -0.3 is 14.7 Å². The minimum atomic E-state index is -0.998. The Balaban J connectivity index is 2.37. The molecule has 1 saturated heterocycles. The van der Waals surface area contributed by atoms with Crippen LogP contribution in [0.3, 0.4) is 0 Å². The number of likely N-dealkylation sites (tertiary alicyclic amines) is 1. The standard InChI is InChI=1S/C16H20N2O6S/c1-3-25-14-5-4-10(18(22)23)7-13(14)16(21)17-9-12(24-2)6-11(17)8-15(19)20/h4-5,7,11-12H,3,6,8-9H2,1-2H3,(H,19,20). The number of rotatable bonds is 7. The number of non-ortho nitro benzene ring substituents is 1. The first-order chi connectivity index (χ1) is 11.9. The molecule has 1 aromatic carbocycles. The van der Waals surface area contributed by atoms with E-state index >= 15 is 0 Å². The van der Waals surface area contributed by atoms with Crippen LogP contribution in [-0.4, -0.2) is 58.4 Å². The van der Waals surface area contributed by atoms with E-state index in [0.29, 0.717) is 17.1 Å². The Labute approximate surface area is 149 Å². The number of hydrogen-bond acceptors (Lipinski definition) is 6. The van der Waals surface area contributed by atoms with Gasteiger partial charge in [-0.1, -0.05) is 6.92 Å². The monoisotopic (exact) mass is 368 g/mol. The van der Waals surface area contributed by atoms with Crippen molar-refractivity contribution in [3.8, 4) is 0 Å². The van der Waals surface area contributed by atoms with E-state index < -0.39 is 22.8 Å². The molecule has 136 valence electrons. The van der Waals surface area contributed by atoms with Crippen LogP contribution in [0.2, 0.25) is 0 Å². The molecule has 0 spiro atoms. The molecule has 0 radical (unpaired) electrons. The fraction of sp³-hybridized carbons (Fsp3) is 0.500. The molecule has 0 aromatic heterocycles. The molecule has 1 fully saturated rings. The molecule has 0 bridgehead atoms. The molecule has 2 unspecified atom stereocenters. The molecule has 1 amide bonds. The van der Waals surface area contributed by atoms with Crippen LogP contribution in [0.4, 0.5) is 5.69 Å². The van der Waals surface area contributed by atoms with Gasteiger partial charge in [0, 0.05) is 36.7 Å². The Hall–Kier alpha value is -2.13. The number of amides is 1. The molecule has 1 aliphatic heterocycles. The Morgan fingerprint density at radius 1 is 1.48 bits per heavy atom. The molecule has 1 aliphatic rings. The highest BCUT2D eigenvalue weighted by atomic mass is 32.2. The molecule has 1 heterocycles. The topological polar surface area (TPSA) is 110 Å². The lowest BCUT2D eigenvalue weighted by Crippen LogP contribution is -2.37. The van der Waals surface area contributed by atoms with Crippen molar-refractivity contribution < 1.29 is 24.4 Å². The quantitative estimate of drug-likeness (QED) is 0.447. The van der Waals surface area contributed by atoms with E-state index in [0.717, 1.165) is 0 Å². The maximum absolute atomic E-state index is 13.0. The number of nitro groups is 1. The van der Waals surface area contributed by atoms with E-state index in [2.05, 4.69) is 0 Å². The van der Waals surface area contributed by atoms with Crippen molar-refractivity contribution in [3.05, 3.63) is 33.9 Å². The van der Waals surface area contributed by atoms with E-state index in [4.69, 9.17) is 9.84 Å². The highest BCUT2D eigenvalue weighted by Crippen LogP contribution is 2.31. The largest absolute Gasteiger partial charge is 0.481 e. The average molecular weight is 368 g/mol. The number of hydrogen-bond donors (Lipinski definition) is 1. The zero-order chi connectivity index (χ0) is 18.6. The van der Waals surface area contributed by atoms with Gasteiger partial charge >= 0.3 is 5.97 Å². The third-order valence-electron chi connectivity index (χ3n) is 4.08. The van der Waals surface area contributed by atoms with Crippen molar-refractivity contribution in [1.29, 1.82) is 0 Å². The highest BCUT2D eigenvalue weighted by molar-refractivity contribution is 7.99. The van der Waals surface area contributed by atoms with E-state index in [1.807, 2.05) is 6.92 Å². The lowest BCUT2D eigenvalue weighted by molar-refractivity contribution is -0.384. The first-order valence-corrected chi connectivity index (χ1v) is 8.82. The van der Waals surface area contributed by atoms with Gasteiger partial charge in [-0.15, -0.1) is 11.8 Å². The van der Waals surface area contributed by atoms with Crippen molar-refractivity contribution in [2.45, 2.75) is 36.8 Å². The van der Waals surface area contributed by atoms with Crippen molar-refractivity contribution in [2.24, 2.45) is 0 Å². The van der Waals surface area contributed by atoms with E-state index in [1.54, 1.807) is 6.07 Å². The summed E-state index contributed by atoms with van der Waals surface area (Å²) in [4.78, 5) is 36.7. The number of methoxy groups -OCH3 is 1. The Kier molecular flexibility index (Phi) is 6.38. The molecule has 9 heteroatoms. The van der Waals surface area contributed by atoms with Crippen LogP contribution in [-0.2, 0) is 9.53 Å². The number of carbonyl (C=O) groups excluding carboxylic acids is 1. The van der Waals surface area contributed by atoms with Gasteiger partial charge in [0.25, 0.3) is 11.6 Å². The Morgan fingerprint density at radius 2 is 2.20 bits per heavy atom. The number of nitro benzene ring substituents is 1. The third kappa shape index (κ3) is 4.49. The third-order valence-corrected chi connectivity index (χ3v) is 5.04. The minimum Gasteiger partial charge on any atom is -0.481 e. The van der Waals surface area contributed by atoms with Crippen LogP contribution in [0.5, 0.6) is 0 Å². The summed E-state index contributed by atoms with van der Waals surface area (Å²) in [5, 5.41) is 20.1. The highest BCUT2D eigenvalue weighted by Gasteiger charge is 2.37. The summed E-state index contributed by atoms with van der Waals surface area (Å²) in [5.74, 6) is -0.690. The summed E-state index contributed by atoms with van der Waals surface area (Å²) in [7, 11) is 1.52. The molecule has 1 N–H and O–H groups in total. The fourth-order valence-electron chi connectivity index (χ4n) is 2.92. The molecular weight excluding hydrogens is 348 g/mol. The van der Waals surface area contributed by atoms with Gasteiger partial charge in [0.1, 0.15) is 0 Å². The SMILES string of the molecule is CCSc1ccc([N+](=O)[O-])cc1C(=O)N1CC(OC)CC1CC(=O)O. The number of carbonyl (C=O) groups is 2. The van der Waals surface area contributed by atoms with Gasteiger partial charge in [-0.3, -0.25) is 19.7 Å². The number of ether oxygens (including phenoxy) is 1. The molecule has 2 atom stereocenters. The maximum atomic E-state index is 13.0. The normalized spacial score (nSPS) is 19.8. The van der Waals surface area contributed by atoms with Crippen LogP contribution in [0.15, 0.2) is 23.1 Å². The lowest BCUT2D eigenvalue weighted by atomic mass is 10.1. The zero-order valence-electron chi connectivity index (χ0n) is 14.0. The summed E-state index contributed by atoms with van der Waals surface area (Å²) < 4.78 is 5.28. The molecule has 8 nitrogen and oxygen atoms in total. The van der Waals surface area contributed by atoms with Gasteiger partial charge in [0.15, 0.2) is 0 Å². The number of thioether (sulfide) groups is 1. The predicted molar refractivity (Wildman–Crippen MR) is 92.0 cm³/mol. The van der Waals surface area contributed by atoms with E-state index in [1.165, 1.54) is 35.9 Å². The van der Waals surface area contributed by atoms with E-state index in [9.17, 15) is 19.7 Å². The van der Waals surface area contributed by atoms with Crippen molar-refractivity contribution in [1.82, 2.24) is 4.90 Å². The summed E-state index contributed by atoms with van der Waals surface area (Å²) in [6.07, 6.45) is 0.00512. The molecule has 0 aliphatic carbocycles. The fourth-order valence-corrected chi connectivity index (χ4v) is 3.70. The Bertz CT molecular complexity index is 681. The second-order valence-corrected chi connectivity index (χ2v) is 6.98. The van der Waals surface area contributed by atoms with Gasteiger partial charge in [-0.2, -0.15) is 0 Å². The average Bonchev–Trinajstić information content (AvgIpc) is 2.96. The summed E-state index contributed by atoms with van der Waals surface area (Å²) in [6, 6.07) is 3.70. The number of carboxylic acid groups (broad SMARTS) is 1. The molecule has 25 heavy (non-hydrogen) atoms. The van der Waals surface area contributed by atoms with Crippen LogP contribution >= 0.6 is 11.8 Å². The number of aliphatic carboxylic acids is 1. The maximum Gasteiger partial charge on any atom is 0.305 e. The van der Waals surface area contributed by atoms with Gasteiger partial charge in [0.2, 0.25) is 0 Å². The molecule has 1 aromatic rings. The summed E-state index contributed by atoms with van der Waals surface area (Å²) in [5.41, 5.74) is 0.0641. The van der Waals surface area contributed by atoms with Crippen molar-refractivity contribution in [2.75, 3.05) is 19.4 Å². The molecule has 0 saturated carbocycles. The van der Waals surface area contributed by atoms with Crippen molar-refractivity contribution >= 4 is 29.3 Å². The zero-order valence-corrected chi connectivity index (χ0v) is 14.8. The van der Waals surface area contributed by atoms with Crippen LogP contribution in [0.1, 0.15) is 30.1 Å². The van der Waals surface area contributed by atoms with Crippen molar-refractivity contribution in [3.63, 3.8) is 0 Å². The predicted octanol–water partition coefficient (Wildman–Crippen LogP) is 2.41.